The maximum atomic E-state index is 12.4. The maximum Gasteiger partial charge on any atom is 0.241 e. The molecule has 0 bridgehead atoms. The highest BCUT2D eigenvalue weighted by Crippen LogP contribution is 2.23. The Morgan fingerprint density at radius 1 is 1.24 bits per heavy atom. The summed E-state index contributed by atoms with van der Waals surface area (Å²) in [5.41, 5.74) is 2.47. The molecule has 3 nitrogen and oxygen atoms in total. The number of rotatable bonds is 6. The summed E-state index contributed by atoms with van der Waals surface area (Å²) in [6, 6.07) is 6.94. The molecule has 2 rings (SSSR count). The molecule has 1 atom stereocenters. The fourth-order valence-electron chi connectivity index (χ4n) is 2.69. The summed E-state index contributed by atoms with van der Waals surface area (Å²) in [7, 11) is -3.42. The highest BCUT2D eigenvalue weighted by molar-refractivity contribution is 7.89. The lowest BCUT2D eigenvalue weighted by molar-refractivity contribution is 0.537. The molecule has 0 aromatic heterocycles. The van der Waals surface area contributed by atoms with Crippen LogP contribution in [0.25, 0.3) is 0 Å². The van der Waals surface area contributed by atoms with Gasteiger partial charge in [0.05, 0.1) is 4.90 Å². The molecule has 116 valence electrons. The van der Waals surface area contributed by atoms with E-state index in [9.17, 15) is 8.42 Å². The predicted molar refractivity (Wildman–Crippen MR) is 86.7 cm³/mol. The van der Waals surface area contributed by atoms with Crippen LogP contribution < -0.4 is 4.72 Å². The monoisotopic (exact) mass is 307 g/mol. The minimum atomic E-state index is -3.42. The number of allylic oxidation sites excluding steroid dienone is 1. The van der Waals surface area contributed by atoms with Gasteiger partial charge in [0.2, 0.25) is 10.0 Å². The summed E-state index contributed by atoms with van der Waals surface area (Å²) in [5, 5.41) is 0. The van der Waals surface area contributed by atoms with Crippen LogP contribution in [0.5, 0.6) is 0 Å². The second kappa shape index (κ2) is 7.23. The summed E-state index contributed by atoms with van der Waals surface area (Å²) in [6.45, 7) is 4.13. The Labute approximate surface area is 128 Å². The van der Waals surface area contributed by atoms with Crippen molar-refractivity contribution in [2.45, 2.75) is 63.3 Å². The van der Waals surface area contributed by atoms with Crippen molar-refractivity contribution in [3.05, 3.63) is 41.5 Å². The quantitative estimate of drug-likeness (QED) is 0.809. The molecule has 1 aliphatic carbocycles. The molecule has 1 aliphatic rings. The molecule has 0 fully saturated rings. The first-order chi connectivity index (χ1) is 10.0. The van der Waals surface area contributed by atoms with Crippen LogP contribution in [0.4, 0.5) is 0 Å². The highest BCUT2D eigenvalue weighted by atomic mass is 32.2. The van der Waals surface area contributed by atoms with E-state index in [0.29, 0.717) is 4.90 Å². The van der Waals surface area contributed by atoms with Gasteiger partial charge in [-0.05, 0) is 51.2 Å². The summed E-state index contributed by atoms with van der Waals surface area (Å²) >= 11 is 0. The van der Waals surface area contributed by atoms with Crippen molar-refractivity contribution in [1.82, 2.24) is 4.72 Å². The van der Waals surface area contributed by atoms with Crippen LogP contribution in [0.2, 0.25) is 0 Å². The van der Waals surface area contributed by atoms with E-state index in [4.69, 9.17) is 0 Å². The average Bonchev–Trinajstić information content (AvgIpc) is 2.45. The van der Waals surface area contributed by atoms with Crippen LogP contribution in [-0.2, 0) is 10.0 Å². The van der Waals surface area contributed by atoms with E-state index in [1.165, 1.54) is 18.4 Å². The van der Waals surface area contributed by atoms with Gasteiger partial charge < -0.3 is 0 Å². The molecular weight excluding hydrogens is 282 g/mol. The Morgan fingerprint density at radius 2 is 1.95 bits per heavy atom. The molecule has 21 heavy (non-hydrogen) atoms. The van der Waals surface area contributed by atoms with Crippen molar-refractivity contribution in [1.29, 1.82) is 0 Å². The van der Waals surface area contributed by atoms with Crippen molar-refractivity contribution in [2.75, 3.05) is 0 Å². The Kier molecular flexibility index (Phi) is 5.59. The summed E-state index contributed by atoms with van der Waals surface area (Å²) in [5.74, 6) is 0. The van der Waals surface area contributed by atoms with Gasteiger partial charge in [0, 0.05) is 6.04 Å². The first-order valence-corrected chi connectivity index (χ1v) is 9.28. The number of nitrogens with one attached hydrogen (secondary N) is 1. The number of unbranched alkanes of at least 4 members (excludes halogenated alkanes) is 1. The number of benzene rings is 1. The van der Waals surface area contributed by atoms with Gasteiger partial charge in [0.25, 0.3) is 0 Å². The molecule has 0 saturated heterocycles. The molecule has 4 heteroatoms. The molecule has 1 N–H and O–H groups in total. The van der Waals surface area contributed by atoms with Crippen molar-refractivity contribution in [3.63, 3.8) is 0 Å². The average molecular weight is 307 g/mol. The zero-order valence-corrected chi connectivity index (χ0v) is 13.7. The van der Waals surface area contributed by atoms with E-state index in [1.807, 2.05) is 19.1 Å². The zero-order valence-electron chi connectivity index (χ0n) is 12.9. The maximum absolute atomic E-state index is 12.4. The fourth-order valence-corrected chi connectivity index (χ4v) is 3.91. The largest absolute Gasteiger partial charge is 0.241 e. The van der Waals surface area contributed by atoms with Crippen LogP contribution in [0.3, 0.4) is 0 Å². The van der Waals surface area contributed by atoms with Crippen LogP contribution in [0, 0.1) is 6.92 Å². The molecular formula is C17H25NO2S. The topological polar surface area (TPSA) is 46.2 Å². The molecule has 1 unspecified atom stereocenters. The lowest BCUT2D eigenvalue weighted by Gasteiger charge is -2.22. The normalized spacial score (nSPS) is 19.3. The van der Waals surface area contributed by atoms with Crippen LogP contribution in [-0.4, -0.2) is 14.5 Å². The summed E-state index contributed by atoms with van der Waals surface area (Å²) in [6.07, 6.45) is 8.66. The van der Waals surface area contributed by atoms with Gasteiger partial charge in [-0.2, -0.15) is 0 Å². The first kappa shape index (κ1) is 16.2. The fraction of sp³-hybridized carbons (Fsp3) is 0.529. The van der Waals surface area contributed by atoms with E-state index < -0.39 is 10.0 Å². The standard InChI is InChI=1S/C17H25NO2S/c1-3-4-6-15-7-5-8-16(13-15)18-21(19,20)17-11-9-14(2)10-12-17/h9-13,16,18H,3-8H2,1-2H3. The van der Waals surface area contributed by atoms with Gasteiger partial charge in [-0.15, -0.1) is 0 Å². The molecule has 1 aromatic rings. The molecule has 0 spiro atoms. The van der Waals surface area contributed by atoms with Gasteiger partial charge >= 0.3 is 0 Å². The van der Waals surface area contributed by atoms with E-state index in [2.05, 4.69) is 17.7 Å². The SMILES string of the molecule is CCCCC1=CC(NS(=O)(=O)c2ccc(C)cc2)CCC1. The Morgan fingerprint density at radius 3 is 2.62 bits per heavy atom. The van der Waals surface area contributed by atoms with Gasteiger partial charge in [0.1, 0.15) is 0 Å². The number of hydrogen-bond acceptors (Lipinski definition) is 2. The van der Waals surface area contributed by atoms with Gasteiger partial charge in [-0.1, -0.05) is 42.7 Å². The second-order valence-corrected chi connectivity index (χ2v) is 7.58. The third-order valence-electron chi connectivity index (χ3n) is 3.94. The van der Waals surface area contributed by atoms with E-state index >= 15 is 0 Å². The summed E-state index contributed by atoms with van der Waals surface area (Å²) in [4.78, 5) is 0.349. The lowest BCUT2D eigenvalue weighted by atomic mass is 9.93. The van der Waals surface area contributed by atoms with Gasteiger partial charge in [-0.3, -0.25) is 0 Å². The van der Waals surface area contributed by atoms with Crippen LogP contribution in [0.1, 0.15) is 51.0 Å². The van der Waals surface area contributed by atoms with Crippen molar-refractivity contribution in [3.8, 4) is 0 Å². The molecule has 0 radical (unpaired) electrons. The van der Waals surface area contributed by atoms with Crippen molar-refractivity contribution < 1.29 is 8.42 Å². The van der Waals surface area contributed by atoms with Gasteiger partial charge in [-0.25, -0.2) is 13.1 Å². The van der Waals surface area contributed by atoms with E-state index in [1.54, 1.807) is 12.1 Å². The third kappa shape index (κ3) is 4.68. The molecule has 1 aromatic carbocycles. The number of aryl methyl sites for hydroxylation is 1. The molecule has 0 saturated carbocycles. The smallest absolute Gasteiger partial charge is 0.207 e. The van der Waals surface area contributed by atoms with Crippen molar-refractivity contribution >= 4 is 10.0 Å². The van der Waals surface area contributed by atoms with Crippen LogP contribution >= 0.6 is 0 Å². The number of hydrogen-bond donors (Lipinski definition) is 1. The highest BCUT2D eigenvalue weighted by Gasteiger charge is 2.21. The second-order valence-electron chi connectivity index (χ2n) is 5.86. The lowest BCUT2D eigenvalue weighted by Crippen LogP contribution is -2.34. The number of sulfonamides is 1. The predicted octanol–water partition coefficient (Wildman–Crippen LogP) is 3.94. The Balaban J connectivity index is 2.07. The Bertz CT molecular complexity index is 588. The third-order valence-corrected chi connectivity index (χ3v) is 5.44. The minimum absolute atomic E-state index is 0.0584. The Hall–Kier alpha value is -1.13. The summed E-state index contributed by atoms with van der Waals surface area (Å²) < 4.78 is 27.6. The first-order valence-electron chi connectivity index (χ1n) is 7.80. The zero-order chi connectivity index (χ0) is 15.3. The molecule has 0 amide bonds. The minimum Gasteiger partial charge on any atom is -0.207 e. The van der Waals surface area contributed by atoms with E-state index in [0.717, 1.165) is 31.2 Å². The molecule has 0 aliphatic heterocycles. The van der Waals surface area contributed by atoms with E-state index in [-0.39, 0.29) is 6.04 Å². The molecule has 0 heterocycles. The van der Waals surface area contributed by atoms with Crippen LogP contribution in [0.15, 0.2) is 40.8 Å². The van der Waals surface area contributed by atoms with Gasteiger partial charge in [0.15, 0.2) is 0 Å². The van der Waals surface area contributed by atoms with Crippen molar-refractivity contribution in [2.24, 2.45) is 0 Å².